The van der Waals surface area contributed by atoms with Crippen molar-refractivity contribution in [2.24, 2.45) is 11.3 Å². The van der Waals surface area contributed by atoms with Crippen LogP contribution in [0.25, 0.3) is 0 Å². The minimum Gasteiger partial charge on any atom is -0.481 e. The summed E-state index contributed by atoms with van der Waals surface area (Å²) in [5, 5.41) is 8.88. The third kappa shape index (κ3) is 2.68. The van der Waals surface area contributed by atoms with Crippen LogP contribution in [0.3, 0.4) is 0 Å². The zero-order chi connectivity index (χ0) is 9.94. The third-order valence-electron chi connectivity index (χ3n) is 2.10. The molecule has 2 heteroatoms. The minimum atomic E-state index is -0.767. The van der Waals surface area contributed by atoms with Crippen molar-refractivity contribution in [2.45, 2.75) is 34.6 Å². The molecule has 0 unspecified atom stereocenters. The van der Waals surface area contributed by atoms with Crippen LogP contribution < -0.4 is 0 Å². The first-order valence-corrected chi connectivity index (χ1v) is 4.20. The highest BCUT2D eigenvalue weighted by Gasteiger charge is 2.28. The number of rotatable bonds is 3. The molecule has 0 spiro atoms. The third-order valence-corrected chi connectivity index (χ3v) is 2.10. The fourth-order valence-corrected chi connectivity index (χ4v) is 0.877. The van der Waals surface area contributed by atoms with Crippen molar-refractivity contribution in [3.63, 3.8) is 0 Å². The Bertz CT molecular complexity index is 200. The highest BCUT2D eigenvalue weighted by atomic mass is 16.4. The normalized spacial score (nSPS) is 13.7. The molecule has 0 atom stereocenters. The molecule has 1 N–H and O–H groups in total. The summed E-state index contributed by atoms with van der Waals surface area (Å²) in [4.78, 5) is 10.8. The van der Waals surface area contributed by atoms with Crippen LogP contribution in [0.15, 0.2) is 11.6 Å². The standard InChI is InChI=1S/C10H18O2/c1-7(2)6-8(3)10(4,5)9(11)12/h6-7H,1-5H3,(H,11,12)/b8-6+. The van der Waals surface area contributed by atoms with E-state index in [0.29, 0.717) is 5.92 Å². The lowest BCUT2D eigenvalue weighted by atomic mass is 9.84. The molecule has 0 amide bonds. The summed E-state index contributed by atoms with van der Waals surface area (Å²) in [5.74, 6) is -0.361. The molecule has 0 aromatic heterocycles. The summed E-state index contributed by atoms with van der Waals surface area (Å²) in [5.41, 5.74) is 0.189. The van der Waals surface area contributed by atoms with E-state index >= 15 is 0 Å². The molecule has 0 heterocycles. The maximum absolute atomic E-state index is 10.8. The Labute approximate surface area is 74.3 Å². The van der Waals surface area contributed by atoms with Gasteiger partial charge in [-0.3, -0.25) is 4.79 Å². The van der Waals surface area contributed by atoms with Gasteiger partial charge >= 0.3 is 5.97 Å². The SMILES string of the molecule is C/C(=C\C(C)C)C(C)(C)C(=O)O. The van der Waals surface area contributed by atoms with E-state index in [1.165, 1.54) is 0 Å². The van der Waals surface area contributed by atoms with Crippen LogP contribution in [-0.2, 0) is 4.79 Å². The molecule has 0 fully saturated rings. The molecule has 0 rings (SSSR count). The second-order valence-electron chi connectivity index (χ2n) is 4.02. The monoisotopic (exact) mass is 170 g/mol. The molecule has 0 saturated heterocycles. The van der Waals surface area contributed by atoms with Crippen LogP contribution in [0, 0.1) is 11.3 Å². The number of carboxylic acids is 1. The predicted octanol–water partition coefficient (Wildman–Crippen LogP) is 2.70. The average molecular weight is 170 g/mol. The smallest absolute Gasteiger partial charge is 0.313 e. The fraction of sp³-hybridized carbons (Fsp3) is 0.700. The van der Waals surface area contributed by atoms with Crippen molar-refractivity contribution < 1.29 is 9.90 Å². The van der Waals surface area contributed by atoms with Gasteiger partial charge in [-0.2, -0.15) is 0 Å². The van der Waals surface area contributed by atoms with Crippen LogP contribution in [0.4, 0.5) is 0 Å². The Morgan fingerprint density at radius 2 is 1.83 bits per heavy atom. The number of aliphatic carboxylic acids is 1. The largest absolute Gasteiger partial charge is 0.481 e. The Hall–Kier alpha value is -0.790. The number of hydrogen-bond donors (Lipinski definition) is 1. The van der Waals surface area contributed by atoms with Gasteiger partial charge in [-0.05, 0) is 26.7 Å². The van der Waals surface area contributed by atoms with Gasteiger partial charge in [0.2, 0.25) is 0 Å². The summed E-state index contributed by atoms with van der Waals surface area (Å²) in [6.45, 7) is 9.41. The lowest BCUT2D eigenvalue weighted by Gasteiger charge is -2.20. The quantitative estimate of drug-likeness (QED) is 0.661. The molecule has 0 aliphatic heterocycles. The average Bonchev–Trinajstić information content (AvgIpc) is 1.85. The van der Waals surface area contributed by atoms with E-state index in [0.717, 1.165) is 5.57 Å². The predicted molar refractivity (Wildman–Crippen MR) is 50.0 cm³/mol. The Morgan fingerprint density at radius 3 is 2.08 bits per heavy atom. The van der Waals surface area contributed by atoms with Crippen LogP contribution in [0.2, 0.25) is 0 Å². The molecule has 0 saturated carbocycles. The van der Waals surface area contributed by atoms with Crippen molar-refractivity contribution in [1.82, 2.24) is 0 Å². The highest BCUT2D eigenvalue weighted by molar-refractivity contribution is 5.77. The van der Waals surface area contributed by atoms with Crippen LogP contribution >= 0.6 is 0 Å². The van der Waals surface area contributed by atoms with Gasteiger partial charge in [-0.15, -0.1) is 0 Å². The summed E-state index contributed by atoms with van der Waals surface area (Å²) >= 11 is 0. The van der Waals surface area contributed by atoms with Gasteiger partial charge in [-0.25, -0.2) is 0 Å². The second-order valence-corrected chi connectivity index (χ2v) is 4.02. The lowest BCUT2D eigenvalue weighted by Crippen LogP contribution is -2.25. The summed E-state index contributed by atoms with van der Waals surface area (Å²) in [6.07, 6.45) is 1.99. The first-order chi connectivity index (χ1) is 5.28. The van der Waals surface area contributed by atoms with E-state index in [-0.39, 0.29) is 0 Å². The van der Waals surface area contributed by atoms with Gasteiger partial charge in [0.15, 0.2) is 0 Å². The maximum atomic E-state index is 10.8. The van der Waals surface area contributed by atoms with E-state index in [9.17, 15) is 4.79 Å². The Morgan fingerprint density at radius 1 is 1.42 bits per heavy atom. The van der Waals surface area contributed by atoms with Crippen molar-refractivity contribution in [2.75, 3.05) is 0 Å². The lowest BCUT2D eigenvalue weighted by molar-refractivity contribution is -0.144. The molecule has 0 bridgehead atoms. The van der Waals surface area contributed by atoms with E-state index < -0.39 is 11.4 Å². The summed E-state index contributed by atoms with van der Waals surface area (Å²) in [6, 6.07) is 0. The van der Waals surface area contributed by atoms with E-state index in [1.54, 1.807) is 13.8 Å². The molecule has 2 nitrogen and oxygen atoms in total. The fourth-order valence-electron chi connectivity index (χ4n) is 0.877. The van der Waals surface area contributed by atoms with Crippen LogP contribution in [0.5, 0.6) is 0 Å². The molecular weight excluding hydrogens is 152 g/mol. The number of carboxylic acid groups (broad SMARTS) is 1. The maximum Gasteiger partial charge on any atom is 0.313 e. The molecule has 0 aliphatic rings. The van der Waals surface area contributed by atoms with Gasteiger partial charge in [0.1, 0.15) is 0 Å². The van der Waals surface area contributed by atoms with Gasteiger partial charge in [0.25, 0.3) is 0 Å². The zero-order valence-corrected chi connectivity index (χ0v) is 8.51. The molecule has 0 aromatic rings. The van der Waals surface area contributed by atoms with E-state index in [2.05, 4.69) is 0 Å². The van der Waals surface area contributed by atoms with Crippen molar-refractivity contribution in [3.05, 3.63) is 11.6 Å². The van der Waals surface area contributed by atoms with E-state index in [1.807, 2.05) is 26.8 Å². The van der Waals surface area contributed by atoms with Gasteiger partial charge in [0.05, 0.1) is 5.41 Å². The Kier molecular flexibility index (Phi) is 3.50. The number of hydrogen-bond acceptors (Lipinski definition) is 1. The summed E-state index contributed by atoms with van der Waals surface area (Å²) in [7, 11) is 0. The molecule has 70 valence electrons. The summed E-state index contributed by atoms with van der Waals surface area (Å²) < 4.78 is 0. The van der Waals surface area contributed by atoms with Crippen LogP contribution in [0.1, 0.15) is 34.6 Å². The zero-order valence-electron chi connectivity index (χ0n) is 8.51. The van der Waals surface area contributed by atoms with Crippen LogP contribution in [-0.4, -0.2) is 11.1 Å². The molecule has 0 aromatic carbocycles. The molecular formula is C10H18O2. The molecule has 0 radical (unpaired) electrons. The molecule has 0 aliphatic carbocycles. The topological polar surface area (TPSA) is 37.3 Å². The highest BCUT2D eigenvalue weighted by Crippen LogP contribution is 2.26. The van der Waals surface area contributed by atoms with Crippen molar-refractivity contribution >= 4 is 5.97 Å². The van der Waals surface area contributed by atoms with Crippen molar-refractivity contribution in [1.29, 1.82) is 0 Å². The minimum absolute atomic E-state index is 0.406. The van der Waals surface area contributed by atoms with Crippen molar-refractivity contribution in [3.8, 4) is 0 Å². The van der Waals surface area contributed by atoms with Gasteiger partial charge in [0, 0.05) is 0 Å². The van der Waals surface area contributed by atoms with E-state index in [4.69, 9.17) is 5.11 Å². The van der Waals surface area contributed by atoms with Gasteiger partial charge in [-0.1, -0.05) is 25.5 Å². The first-order valence-electron chi connectivity index (χ1n) is 4.20. The molecule has 12 heavy (non-hydrogen) atoms. The Balaban J connectivity index is 4.67. The second kappa shape index (κ2) is 3.74. The number of carbonyl (C=O) groups is 1. The number of allylic oxidation sites excluding steroid dienone is 1. The first kappa shape index (κ1) is 11.2. The van der Waals surface area contributed by atoms with Gasteiger partial charge < -0.3 is 5.11 Å².